The standard InChI is InChI=1S/C18H6Br9O6P/c19-7-1-10(22)16(11(23)2-7)28-31-34(32-29-17-12(24)3-8(20)4-13(17)25)33-30-18-14(26)5-9(21)6-15(18)27/h1-6H. The lowest BCUT2D eigenvalue weighted by atomic mass is 10.3. The summed E-state index contributed by atoms with van der Waals surface area (Å²) in [5.74, 6) is 1.04. The molecule has 34 heavy (non-hydrogen) atoms. The van der Waals surface area contributed by atoms with Crippen molar-refractivity contribution in [3.8, 4) is 17.2 Å². The SMILES string of the molecule is Brc1cc(Br)c(OOP(OOc2c(Br)cc(Br)cc2Br)OOc2c(Br)cc(Br)cc2Br)c(Br)c1. The Hall–Kier alpha value is 1.69. The van der Waals surface area contributed by atoms with Crippen LogP contribution in [0.5, 0.6) is 17.2 Å². The molecule has 0 spiro atoms. The van der Waals surface area contributed by atoms with Crippen LogP contribution in [0.3, 0.4) is 0 Å². The molecule has 0 aromatic heterocycles. The first-order valence-corrected chi connectivity index (χ1v) is 16.6. The van der Waals surface area contributed by atoms with Gasteiger partial charge in [-0.25, -0.2) is 0 Å². The van der Waals surface area contributed by atoms with E-state index < -0.39 is 8.60 Å². The molecule has 0 heterocycles. The van der Waals surface area contributed by atoms with Crippen LogP contribution in [0, 0.1) is 0 Å². The Bertz CT molecular complexity index is 983. The largest absolute Gasteiger partial charge is 0.455 e. The van der Waals surface area contributed by atoms with E-state index >= 15 is 0 Å². The first-order valence-electron chi connectivity index (χ1n) is 8.33. The zero-order valence-electron chi connectivity index (χ0n) is 15.8. The van der Waals surface area contributed by atoms with Crippen molar-refractivity contribution in [1.82, 2.24) is 0 Å². The molecule has 0 atom stereocenters. The smallest absolute Gasteiger partial charge is 0.327 e. The zero-order valence-corrected chi connectivity index (χ0v) is 30.9. The summed E-state index contributed by atoms with van der Waals surface area (Å²) in [6.07, 6.45) is 0. The first kappa shape index (κ1) is 30.2. The Labute approximate surface area is 271 Å². The van der Waals surface area contributed by atoms with E-state index in [4.69, 9.17) is 28.7 Å². The minimum absolute atomic E-state index is 0.347. The van der Waals surface area contributed by atoms with E-state index in [-0.39, 0.29) is 0 Å². The number of benzene rings is 3. The zero-order chi connectivity index (χ0) is 25.0. The highest BCUT2D eigenvalue weighted by Gasteiger charge is 2.25. The molecule has 0 saturated heterocycles. The second-order valence-corrected chi connectivity index (χ2v) is 14.6. The molecule has 3 aromatic rings. The molecular weight excluding hydrogens is 1060 g/mol. The molecule has 0 amide bonds. The van der Waals surface area contributed by atoms with Crippen molar-refractivity contribution in [2.45, 2.75) is 0 Å². The normalized spacial score (nSPS) is 11.1. The van der Waals surface area contributed by atoms with Gasteiger partial charge in [0.25, 0.3) is 0 Å². The number of halogens is 9. The maximum absolute atomic E-state index is 5.46. The van der Waals surface area contributed by atoms with E-state index in [0.29, 0.717) is 44.1 Å². The van der Waals surface area contributed by atoms with Gasteiger partial charge in [0, 0.05) is 13.4 Å². The van der Waals surface area contributed by atoms with Crippen LogP contribution in [0.1, 0.15) is 0 Å². The highest BCUT2D eigenvalue weighted by atomic mass is 79.9. The lowest BCUT2D eigenvalue weighted by Crippen LogP contribution is -2.05. The van der Waals surface area contributed by atoms with Crippen molar-refractivity contribution in [3.05, 3.63) is 76.7 Å². The topological polar surface area (TPSA) is 55.4 Å². The van der Waals surface area contributed by atoms with Crippen LogP contribution in [0.15, 0.2) is 76.7 Å². The van der Waals surface area contributed by atoms with E-state index in [1.165, 1.54) is 0 Å². The molecule has 6 nitrogen and oxygen atoms in total. The number of hydrogen-bond donors (Lipinski definition) is 0. The van der Waals surface area contributed by atoms with Gasteiger partial charge in [-0.3, -0.25) is 0 Å². The molecule has 0 bridgehead atoms. The lowest BCUT2D eigenvalue weighted by molar-refractivity contribution is -0.221. The molecule has 0 fully saturated rings. The molecule has 0 saturated carbocycles. The minimum atomic E-state index is -2.36. The Morgan fingerprint density at radius 3 is 0.794 bits per heavy atom. The molecule has 0 aliphatic carbocycles. The van der Waals surface area contributed by atoms with Gasteiger partial charge in [0.1, 0.15) is 0 Å². The predicted molar refractivity (Wildman–Crippen MR) is 161 cm³/mol. The van der Waals surface area contributed by atoms with Gasteiger partial charge >= 0.3 is 8.60 Å². The molecule has 3 aromatic carbocycles. The summed E-state index contributed by atoms with van der Waals surface area (Å²) >= 11 is 30.7. The summed E-state index contributed by atoms with van der Waals surface area (Å²) in [6, 6.07) is 10.7. The van der Waals surface area contributed by atoms with Gasteiger partial charge in [-0.1, -0.05) is 61.8 Å². The van der Waals surface area contributed by atoms with Crippen molar-refractivity contribution in [2.75, 3.05) is 0 Å². The Kier molecular flexibility index (Phi) is 12.6. The average Bonchev–Trinajstić information content (AvgIpc) is 2.70. The molecular formula is C18H6Br9O6P. The van der Waals surface area contributed by atoms with E-state index in [2.05, 4.69) is 143 Å². The molecule has 0 aliphatic rings. The molecule has 0 radical (unpaired) electrons. The molecule has 182 valence electrons. The maximum atomic E-state index is 5.46. The first-order chi connectivity index (χ1) is 16.0. The molecule has 0 N–H and O–H groups in total. The molecule has 0 unspecified atom stereocenters. The third-order valence-electron chi connectivity index (χ3n) is 3.43. The lowest BCUT2D eigenvalue weighted by Gasteiger charge is -2.17. The Balaban J connectivity index is 1.78. The third kappa shape index (κ3) is 8.60. The van der Waals surface area contributed by atoms with Gasteiger partial charge in [-0.05, 0) is 132 Å². The van der Waals surface area contributed by atoms with E-state index in [9.17, 15) is 0 Å². The van der Waals surface area contributed by atoms with Crippen LogP contribution in [0.2, 0.25) is 0 Å². The summed E-state index contributed by atoms with van der Waals surface area (Å²) in [4.78, 5) is 16.4. The van der Waals surface area contributed by atoms with Crippen molar-refractivity contribution in [2.24, 2.45) is 0 Å². The summed E-state index contributed by atoms with van der Waals surface area (Å²) in [5.41, 5.74) is 0. The van der Waals surface area contributed by atoms with Crippen LogP contribution in [-0.4, -0.2) is 0 Å². The average molecular weight is 1070 g/mol. The van der Waals surface area contributed by atoms with Crippen molar-refractivity contribution in [1.29, 1.82) is 0 Å². The van der Waals surface area contributed by atoms with Crippen LogP contribution < -0.4 is 14.7 Å². The van der Waals surface area contributed by atoms with Crippen LogP contribution >= 0.6 is 152 Å². The summed E-state index contributed by atoms with van der Waals surface area (Å²) in [5, 5.41) is 0. The predicted octanol–water partition coefficient (Wildman–Crippen LogP) is 12.1. The van der Waals surface area contributed by atoms with Gasteiger partial charge in [0.05, 0.1) is 26.8 Å². The van der Waals surface area contributed by atoms with Crippen LogP contribution in [0.25, 0.3) is 0 Å². The molecule has 0 aliphatic heterocycles. The van der Waals surface area contributed by atoms with E-state index in [1.807, 2.05) is 0 Å². The molecule has 16 heteroatoms. The van der Waals surface area contributed by atoms with Crippen molar-refractivity contribution >= 4 is 152 Å². The van der Waals surface area contributed by atoms with E-state index in [0.717, 1.165) is 13.4 Å². The second-order valence-electron chi connectivity index (χ2n) is 5.79. The fourth-order valence-electron chi connectivity index (χ4n) is 2.07. The minimum Gasteiger partial charge on any atom is -0.327 e. The summed E-state index contributed by atoms with van der Waals surface area (Å²) in [6.45, 7) is 0. The Morgan fingerprint density at radius 2 is 0.588 bits per heavy atom. The van der Waals surface area contributed by atoms with Gasteiger partial charge in [-0.2, -0.15) is 0 Å². The monoisotopic (exact) mass is 1060 g/mol. The fraction of sp³-hybridized carbons (Fsp3) is 0. The highest BCUT2D eigenvalue weighted by molar-refractivity contribution is 9.12. The van der Waals surface area contributed by atoms with Crippen molar-refractivity contribution in [3.63, 3.8) is 0 Å². The number of hydrogen-bond acceptors (Lipinski definition) is 6. The van der Waals surface area contributed by atoms with Crippen molar-refractivity contribution < 1.29 is 28.7 Å². The van der Waals surface area contributed by atoms with Crippen LogP contribution in [-0.2, 0) is 14.0 Å². The Morgan fingerprint density at radius 1 is 0.382 bits per heavy atom. The number of rotatable bonds is 9. The van der Waals surface area contributed by atoms with E-state index in [1.54, 1.807) is 36.4 Å². The van der Waals surface area contributed by atoms with Gasteiger partial charge < -0.3 is 14.7 Å². The summed E-state index contributed by atoms with van der Waals surface area (Å²) in [7, 11) is -2.36. The third-order valence-corrected chi connectivity index (χ3v) is 8.93. The van der Waals surface area contributed by atoms with Gasteiger partial charge in [0.15, 0.2) is 17.2 Å². The van der Waals surface area contributed by atoms with Gasteiger partial charge in [0.2, 0.25) is 0 Å². The second kappa shape index (κ2) is 14.2. The maximum Gasteiger partial charge on any atom is 0.455 e. The summed E-state index contributed by atoms with van der Waals surface area (Å²) < 4.78 is 22.4. The highest BCUT2D eigenvalue weighted by Crippen LogP contribution is 2.47. The fourth-order valence-corrected chi connectivity index (χ4v) is 9.72. The van der Waals surface area contributed by atoms with Crippen LogP contribution in [0.4, 0.5) is 0 Å². The van der Waals surface area contributed by atoms with Gasteiger partial charge in [-0.15, -0.1) is 0 Å². The molecule has 3 rings (SSSR count). The quantitative estimate of drug-likeness (QED) is 0.121.